The molecule has 0 heterocycles. The molecule has 0 aromatic heterocycles. The number of methoxy groups -OCH3 is 1. The Morgan fingerprint density at radius 2 is 1.17 bits per heavy atom. The van der Waals surface area contributed by atoms with E-state index < -0.39 is 0 Å². The van der Waals surface area contributed by atoms with E-state index in [-0.39, 0.29) is 10.8 Å². The van der Waals surface area contributed by atoms with Crippen LogP contribution in [0.4, 0.5) is 0 Å². The van der Waals surface area contributed by atoms with E-state index in [1.165, 1.54) is 0 Å². The summed E-state index contributed by atoms with van der Waals surface area (Å²) in [6.07, 6.45) is 0. The Morgan fingerprint density at radius 3 is 1.42 bits per heavy atom. The number of hydrogen-bond donors (Lipinski definition) is 2. The Kier molecular flexibility index (Phi) is 6.30. The van der Waals surface area contributed by atoms with Crippen molar-refractivity contribution in [3.63, 3.8) is 0 Å². The number of rotatable bonds is 1. The predicted octanol–water partition coefficient (Wildman–Crippen LogP) is 5.39. The van der Waals surface area contributed by atoms with Crippen LogP contribution >= 0.6 is 0 Å². The van der Waals surface area contributed by atoms with E-state index in [0.29, 0.717) is 11.5 Å². The summed E-state index contributed by atoms with van der Waals surface area (Å²) < 4.78 is 5.33. The Morgan fingerprint density at radius 1 is 0.750 bits per heavy atom. The molecule has 24 heavy (non-hydrogen) atoms. The van der Waals surface area contributed by atoms with E-state index in [1.807, 2.05) is 18.2 Å². The molecular formula is C21H30O3. The van der Waals surface area contributed by atoms with Crippen LogP contribution < -0.4 is 4.74 Å². The normalized spacial score (nSPS) is 11.5. The molecule has 0 bridgehead atoms. The summed E-state index contributed by atoms with van der Waals surface area (Å²) >= 11 is 0. The van der Waals surface area contributed by atoms with Gasteiger partial charge in [0, 0.05) is 11.1 Å². The zero-order valence-electron chi connectivity index (χ0n) is 15.8. The zero-order valence-corrected chi connectivity index (χ0v) is 15.8. The Bertz CT molecular complexity index is 612. The van der Waals surface area contributed by atoms with Crippen molar-refractivity contribution in [2.24, 2.45) is 0 Å². The van der Waals surface area contributed by atoms with Gasteiger partial charge in [0.1, 0.15) is 17.2 Å². The number of aromatic hydroxyl groups is 2. The SMILES string of the molecule is COc1cc(C(C)(C)C)c(O)c(C(C)(C)C)c1.Oc1ccccc1. The molecule has 2 aromatic rings. The maximum Gasteiger partial charge on any atom is 0.123 e. The summed E-state index contributed by atoms with van der Waals surface area (Å²) in [6, 6.07) is 12.6. The fourth-order valence-electron chi connectivity index (χ4n) is 2.30. The zero-order chi connectivity index (χ0) is 18.5. The molecule has 2 rings (SSSR count). The van der Waals surface area contributed by atoms with E-state index in [9.17, 15) is 5.11 Å². The third kappa shape index (κ3) is 5.48. The minimum absolute atomic E-state index is 0.0986. The Labute approximate surface area is 145 Å². The third-order valence-corrected chi connectivity index (χ3v) is 3.69. The van der Waals surface area contributed by atoms with Crippen molar-refractivity contribution >= 4 is 0 Å². The second-order valence-electron chi connectivity index (χ2n) is 7.91. The standard InChI is InChI=1S/C15H24O2.C6H6O/c1-14(2,3)11-8-10(17-7)9-12(13(11)16)15(4,5)6;7-6-4-2-1-3-5-6/h8-9,16H,1-7H3;1-5,7H. The number of phenolic OH excluding ortho intramolecular Hbond substituents is 2. The molecule has 0 unspecified atom stereocenters. The van der Waals surface area contributed by atoms with Gasteiger partial charge >= 0.3 is 0 Å². The monoisotopic (exact) mass is 330 g/mol. The predicted molar refractivity (Wildman–Crippen MR) is 100 cm³/mol. The van der Waals surface area contributed by atoms with E-state index >= 15 is 0 Å². The first-order valence-corrected chi connectivity index (χ1v) is 8.12. The van der Waals surface area contributed by atoms with E-state index in [0.717, 1.165) is 16.9 Å². The summed E-state index contributed by atoms with van der Waals surface area (Å²) in [5.41, 5.74) is 1.67. The van der Waals surface area contributed by atoms with Crippen LogP contribution in [0.2, 0.25) is 0 Å². The fourth-order valence-corrected chi connectivity index (χ4v) is 2.30. The summed E-state index contributed by atoms with van der Waals surface area (Å²) in [4.78, 5) is 0. The second-order valence-corrected chi connectivity index (χ2v) is 7.91. The number of phenols is 2. The van der Waals surface area contributed by atoms with Crippen LogP contribution in [0.5, 0.6) is 17.2 Å². The number of para-hydroxylation sites is 1. The second kappa shape index (κ2) is 7.61. The molecule has 3 nitrogen and oxygen atoms in total. The molecule has 0 aliphatic carbocycles. The minimum Gasteiger partial charge on any atom is -0.508 e. The van der Waals surface area contributed by atoms with Crippen LogP contribution in [0.15, 0.2) is 42.5 Å². The molecule has 2 aromatic carbocycles. The highest BCUT2D eigenvalue weighted by molar-refractivity contribution is 5.51. The average molecular weight is 330 g/mol. The topological polar surface area (TPSA) is 49.7 Å². The molecule has 0 saturated carbocycles. The Hall–Kier alpha value is -2.16. The van der Waals surface area contributed by atoms with Gasteiger partial charge in [-0.3, -0.25) is 0 Å². The lowest BCUT2D eigenvalue weighted by atomic mass is 9.79. The smallest absolute Gasteiger partial charge is 0.123 e. The lowest BCUT2D eigenvalue weighted by Gasteiger charge is -2.27. The van der Waals surface area contributed by atoms with Gasteiger partial charge in [-0.2, -0.15) is 0 Å². The van der Waals surface area contributed by atoms with E-state index in [1.54, 1.807) is 31.4 Å². The molecule has 2 N–H and O–H groups in total. The first kappa shape index (κ1) is 19.9. The van der Waals surface area contributed by atoms with Crippen LogP contribution in [0.3, 0.4) is 0 Å². The molecule has 132 valence electrons. The summed E-state index contributed by atoms with van der Waals surface area (Å²) in [5, 5.41) is 19.1. The van der Waals surface area contributed by atoms with Gasteiger partial charge in [0.25, 0.3) is 0 Å². The minimum atomic E-state index is -0.0986. The maximum atomic E-state index is 10.4. The Balaban J connectivity index is 0.000000341. The fraction of sp³-hybridized carbons (Fsp3) is 0.429. The molecular weight excluding hydrogens is 300 g/mol. The van der Waals surface area contributed by atoms with Gasteiger partial charge in [-0.05, 0) is 35.1 Å². The lowest BCUT2D eigenvalue weighted by molar-refractivity contribution is 0.395. The quantitative estimate of drug-likeness (QED) is 0.737. The van der Waals surface area contributed by atoms with Crippen LogP contribution in [0, 0.1) is 0 Å². The van der Waals surface area contributed by atoms with Crippen molar-refractivity contribution in [2.45, 2.75) is 52.4 Å². The first-order valence-electron chi connectivity index (χ1n) is 8.12. The third-order valence-electron chi connectivity index (χ3n) is 3.69. The van der Waals surface area contributed by atoms with E-state index in [4.69, 9.17) is 9.84 Å². The highest BCUT2D eigenvalue weighted by Gasteiger charge is 2.26. The van der Waals surface area contributed by atoms with Gasteiger partial charge in [0.2, 0.25) is 0 Å². The van der Waals surface area contributed by atoms with Gasteiger partial charge in [0.15, 0.2) is 0 Å². The molecule has 0 amide bonds. The molecule has 0 saturated heterocycles. The molecule has 3 heteroatoms. The molecule has 0 atom stereocenters. The average Bonchev–Trinajstić information content (AvgIpc) is 2.46. The molecule has 0 spiro atoms. The number of benzene rings is 2. The molecule has 0 radical (unpaired) electrons. The van der Waals surface area contributed by atoms with Crippen LogP contribution in [-0.2, 0) is 10.8 Å². The highest BCUT2D eigenvalue weighted by atomic mass is 16.5. The molecule has 0 aliphatic heterocycles. The van der Waals surface area contributed by atoms with Crippen molar-refractivity contribution in [3.05, 3.63) is 53.6 Å². The summed E-state index contributed by atoms with van der Waals surface area (Å²) in [6.45, 7) is 12.5. The van der Waals surface area contributed by atoms with Gasteiger partial charge in [-0.25, -0.2) is 0 Å². The van der Waals surface area contributed by atoms with Crippen molar-refractivity contribution in [3.8, 4) is 17.2 Å². The largest absolute Gasteiger partial charge is 0.508 e. The lowest BCUT2D eigenvalue weighted by Crippen LogP contribution is -2.17. The van der Waals surface area contributed by atoms with Crippen LogP contribution in [0.25, 0.3) is 0 Å². The maximum absolute atomic E-state index is 10.4. The van der Waals surface area contributed by atoms with Gasteiger partial charge in [0.05, 0.1) is 7.11 Å². The number of ether oxygens (including phenoxy) is 1. The van der Waals surface area contributed by atoms with Gasteiger partial charge in [-0.1, -0.05) is 59.7 Å². The summed E-state index contributed by atoms with van der Waals surface area (Å²) in [7, 11) is 1.66. The van der Waals surface area contributed by atoms with Crippen LogP contribution in [0.1, 0.15) is 52.7 Å². The van der Waals surface area contributed by atoms with Crippen LogP contribution in [-0.4, -0.2) is 17.3 Å². The van der Waals surface area contributed by atoms with Crippen molar-refractivity contribution in [1.29, 1.82) is 0 Å². The molecule has 0 fully saturated rings. The first-order chi connectivity index (χ1) is 11.0. The summed E-state index contributed by atoms with van der Waals surface area (Å²) in [5.74, 6) is 1.52. The highest BCUT2D eigenvalue weighted by Crippen LogP contribution is 2.41. The van der Waals surface area contributed by atoms with Crippen molar-refractivity contribution < 1.29 is 14.9 Å². The van der Waals surface area contributed by atoms with Gasteiger partial charge < -0.3 is 14.9 Å². The van der Waals surface area contributed by atoms with Gasteiger partial charge in [-0.15, -0.1) is 0 Å². The van der Waals surface area contributed by atoms with E-state index in [2.05, 4.69) is 41.5 Å². The number of hydrogen-bond acceptors (Lipinski definition) is 3. The molecule has 0 aliphatic rings. The van der Waals surface area contributed by atoms with Crippen molar-refractivity contribution in [2.75, 3.05) is 7.11 Å². The van der Waals surface area contributed by atoms with Crippen molar-refractivity contribution in [1.82, 2.24) is 0 Å².